The average molecular weight is 256 g/mol. The number of likely N-dealkylation sites (N-methyl/N-ethyl adjacent to an activating group) is 1. The topological polar surface area (TPSA) is 29.1 Å². The van der Waals surface area contributed by atoms with E-state index in [0.29, 0.717) is 10.0 Å². The number of carbonyl (C=O) groups is 1. The molecule has 16 heavy (non-hydrogen) atoms. The van der Waals surface area contributed by atoms with Crippen LogP contribution in [0.2, 0.25) is 10.0 Å². The van der Waals surface area contributed by atoms with Crippen molar-refractivity contribution in [1.82, 2.24) is 5.32 Å². The summed E-state index contributed by atoms with van der Waals surface area (Å²) in [5.41, 5.74) is 3.08. The van der Waals surface area contributed by atoms with Gasteiger partial charge in [-0.25, -0.2) is 0 Å². The van der Waals surface area contributed by atoms with Crippen molar-refractivity contribution >= 4 is 34.7 Å². The molecule has 1 aromatic rings. The van der Waals surface area contributed by atoms with E-state index < -0.39 is 0 Å². The molecule has 0 aromatic heterocycles. The lowest BCUT2D eigenvalue weighted by Gasteiger charge is -2.04. The van der Waals surface area contributed by atoms with Crippen molar-refractivity contribution in [1.29, 1.82) is 0 Å². The Hall–Kier alpha value is -0.990. The van der Waals surface area contributed by atoms with Gasteiger partial charge in [0.1, 0.15) is 0 Å². The Kier molecular flexibility index (Phi) is 3.22. The summed E-state index contributed by atoms with van der Waals surface area (Å²) in [6, 6.07) is 3.61. The lowest BCUT2D eigenvalue weighted by Crippen LogP contribution is -2.14. The molecular weight excluding hydrogens is 245 g/mol. The zero-order chi connectivity index (χ0) is 11.7. The van der Waals surface area contributed by atoms with E-state index >= 15 is 0 Å². The van der Waals surface area contributed by atoms with E-state index in [4.69, 9.17) is 23.2 Å². The average Bonchev–Trinajstić information content (AvgIpc) is 2.61. The largest absolute Gasteiger partial charge is 0.356 e. The molecule has 0 saturated carbocycles. The van der Waals surface area contributed by atoms with Gasteiger partial charge in [0, 0.05) is 23.2 Å². The fourth-order valence-corrected chi connectivity index (χ4v) is 2.51. The molecule has 0 atom stereocenters. The fraction of sp³-hybridized carbons (Fsp3) is 0.250. The van der Waals surface area contributed by atoms with Crippen LogP contribution in [-0.4, -0.2) is 13.0 Å². The van der Waals surface area contributed by atoms with Gasteiger partial charge < -0.3 is 5.32 Å². The van der Waals surface area contributed by atoms with Gasteiger partial charge in [0.15, 0.2) is 0 Å². The molecule has 0 bridgehead atoms. The third-order valence-electron chi connectivity index (χ3n) is 2.70. The van der Waals surface area contributed by atoms with Gasteiger partial charge in [-0.2, -0.15) is 0 Å². The minimum atomic E-state index is -0.0982. The Bertz CT molecular complexity index is 480. The molecule has 1 amide bonds. The highest BCUT2D eigenvalue weighted by molar-refractivity contribution is 6.35. The summed E-state index contributed by atoms with van der Waals surface area (Å²) in [4.78, 5) is 11.3. The van der Waals surface area contributed by atoms with Gasteiger partial charge in [-0.3, -0.25) is 4.79 Å². The molecular formula is C12H11Cl2NO. The zero-order valence-corrected chi connectivity index (χ0v) is 10.3. The lowest BCUT2D eigenvalue weighted by molar-refractivity contribution is -0.116. The third kappa shape index (κ3) is 2.08. The van der Waals surface area contributed by atoms with Gasteiger partial charge >= 0.3 is 0 Å². The van der Waals surface area contributed by atoms with Crippen molar-refractivity contribution < 1.29 is 4.79 Å². The molecule has 0 radical (unpaired) electrons. The van der Waals surface area contributed by atoms with Crippen molar-refractivity contribution in [2.75, 3.05) is 7.05 Å². The highest BCUT2D eigenvalue weighted by Gasteiger charge is 2.20. The Labute approximate surface area is 104 Å². The lowest BCUT2D eigenvalue weighted by atomic mass is 10.1. The molecule has 0 aliphatic heterocycles. The second kappa shape index (κ2) is 4.48. The first kappa shape index (κ1) is 11.5. The summed E-state index contributed by atoms with van der Waals surface area (Å²) in [6.07, 6.45) is 3.31. The number of allylic oxidation sites excluding steroid dienone is 1. The fourth-order valence-electron chi connectivity index (χ4n) is 1.92. The Morgan fingerprint density at radius 2 is 2.12 bits per heavy atom. The number of carbonyl (C=O) groups excluding carboxylic acids is 1. The van der Waals surface area contributed by atoms with E-state index in [2.05, 4.69) is 5.32 Å². The number of fused-ring (bicyclic) bond motifs is 1. The van der Waals surface area contributed by atoms with E-state index in [9.17, 15) is 4.79 Å². The number of amides is 1. The molecule has 0 saturated heterocycles. The first-order valence-corrected chi connectivity index (χ1v) is 5.78. The quantitative estimate of drug-likeness (QED) is 0.768. The number of hydrogen-bond acceptors (Lipinski definition) is 1. The van der Waals surface area contributed by atoms with Crippen LogP contribution in [0.5, 0.6) is 0 Å². The smallest absolute Gasteiger partial charge is 0.244 e. The second-order valence-corrected chi connectivity index (χ2v) is 4.54. The Morgan fingerprint density at radius 3 is 2.81 bits per heavy atom. The standard InChI is InChI=1S/C12H11Cl2NO/c1-15-12(16)4-7-2-3-9-10(7)5-8(13)6-11(9)14/h4-6H,2-3H2,1H3,(H,15,16)/b7-4-. The van der Waals surface area contributed by atoms with Gasteiger partial charge in [0.2, 0.25) is 5.91 Å². The van der Waals surface area contributed by atoms with Crippen LogP contribution in [0.15, 0.2) is 18.2 Å². The molecule has 4 heteroatoms. The van der Waals surface area contributed by atoms with E-state index in [-0.39, 0.29) is 5.91 Å². The maximum Gasteiger partial charge on any atom is 0.244 e. The van der Waals surface area contributed by atoms with Crippen LogP contribution in [0.4, 0.5) is 0 Å². The summed E-state index contributed by atoms with van der Waals surface area (Å²) in [5.74, 6) is -0.0982. The minimum Gasteiger partial charge on any atom is -0.356 e. The van der Waals surface area contributed by atoms with Crippen molar-refractivity contribution in [3.63, 3.8) is 0 Å². The summed E-state index contributed by atoms with van der Waals surface area (Å²) in [7, 11) is 1.61. The van der Waals surface area contributed by atoms with E-state index in [1.165, 1.54) is 0 Å². The van der Waals surface area contributed by atoms with Gasteiger partial charge in [0.05, 0.1) is 0 Å². The second-order valence-electron chi connectivity index (χ2n) is 3.70. The molecule has 0 heterocycles. The summed E-state index contributed by atoms with van der Waals surface area (Å²) in [5, 5.41) is 3.86. The highest BCUT2D eigenvalue weighted by Crippen LogP contribution is 2.38. The molecule has 84 valence electrons. The zero-order valence-electron chi connectivity index (χ0n) is 8.81. The Morgan fingerprint density at radius 1 is 1.38 bits per heavy atom. The maximum atomic E-state index is 11.3. The molecule has 1 aliphatic carbocycles. The Balaban J connectivity index is 2.47. The first-order valence-electron chi connectivity index (χ1n) is 5.02. The van der Waals surface area contributed by atoms with Gasteiger partial charge in [-0.05, 0) is 41.7 Å². The van der Waals surface area contributed by atoms with Crippen LogP contribution in [0.3, 0.4) is 0 Å². The molecule has 1 N–H and O–H groups in total. The molecule has 1 aliphatic rings. The number of halogens is 2. The summed E-state index contributed by atoms with van der Waals surface area (Å²) in [6.45, 7) is 0. The van der Waals surface area contributed by atoms with E-state index in [0.717, 1.165) is 29.5 Å². The number of hydrogen-bond donors (Lipinski definition) is 1. The maximum absolute atomic E-state index is 11.3. The van der Waals surface area contributed by atoms with Crippen molar-refractivity contribution in [2.24, 2.45) is 0 Å². The van der Waals surface area contributed by atoms with Crippen LogP contribution in [0.25, 0.3) is 5.57 Å². The normalized spacial score (nSPS) is 16.3. The van der Waals surface area contributed by atoms with E-state index in [1.54, 1.807) is 19.2 Å². The van der Waals surface area contributed by atoms with Gasteiger partial charge in [0.25, 0.3) is 0 Å². The van der Waals surface area contributed by atoms with E-state index in [1.807, 2.05) is 6.07 Å². The first-order chi connectivity index (χ1) is 7.61. The molecule has 0 unspecified atom stereocenters. The molecule has 2 nitrogen and oxygen atoms in total. The van der Waals surface area contributed by atoms with Crippen molar-refractivity contribution in [3.05, 3.63) is 39.4 Å². The molecule has 0 fully saturated rings. The highest BCUT2D eigenvalue weighted by atomic mass is 35.5. The van der Waals surface area contributed by atoms with Crippen LogP contribution in [0.1, 0.15) is 17.5 Å². The number of rotatable bonds is 1. The molecule has 0 spiro atoms. The number of nitrogens with one attached hydrogen (secondary N) is 1. The van der Waals surface area contributed by atoms with Crippen LogP contribution >= 0.6 is 23.2 Å². The van der Waals surface area contributed by atoms with Gasteiger partial charge in [-0.15, -0.1) is 0 Å². The summed E-state index contributed by atoms with van der Waals surface area (Å²) < 4.78 is 0. The van der Waals surface area contributed by atoms with Crippen molar-refractivity contribution in [3.8, 4) is 0 Å². The van der Waals surface area contributed by atoms with Gasteiger partial charge in [-0.1, -0.05) is 23.2 Å². The predicted molar refractivity (Wildman–Crippen MR) is 66.8 cm³/mol. The predicted octanol–water partition coefficient (Wildman–Crippen LogP) is 3.07. The van der Waals surface area contributed by atoms with Crippen molar-refractivity contribution in [2.45, 2.75) is 12.8 Å². The van der Waals surface area contributed by atoms with Crippen LogP contribution < -0.4 is 5.32 Å². The minimum absolute atomic E-state index is 0.0982. The molecule has 1 aromatic carbocycles. The molecule has 2 rings (SSSR count). The third-order valence-corrected chi connectivity index (χ3v) is 3.26. The number of benzene rings is 1. The van der Waals surface area contributed by atoms with Crippen LogP contribution in [0, 0.1) is 0 Å². The van der Waals surface area contributed by atoms with Crippen LogP contribution in [-0.2, 0) is 11.2 Å². The summed E-state index contributed by atoms with van der Waals surface area (Å²) >= 11 is 12.1. The monoisotopic (exact) mass is 255 g/mol. The SMILES string of the molecule is CNC(=O)/C=C1/CCc2c(Cl)cc(Cl)cc21.